The fourth-order valence-corrected chi connectivity index (χ4v) is 8.29. The maximum Gasteiger partial charge on any atom is 0.306 e. The number of carbonyl (C=O) groups is 2. The van der Waals surface area contributed by atoms with Crippen LogP contribution in [0.3, 0.4) is 0 Å². The number of carbonyl (C=O) groups excluding carboxylic acids is 2. The lowest BCUT2D eigenvalue weighted by Gasteiger charge is -2.28. The monoisotopic (exact) mass is 1080 g/mol. The third-order valence-electron chi connectivity index (χ3n) is 12.2. The van der Waals surface area contributed by atoms with Crippen LogP contribution in [0, 0.1) is 0 Å². The number of ether oxygens (including phenoxy) is 2. The fourth-order valence-electron chi connectivity index (χ4n) is 7.56. The van der Waals surface area contributed by atoms with Crippen molar-refractivity contribution in [1.82, 2.24) is 0 Å². The molecule has 0 saturated carbocycles. The van der Waals surface area contributed by atoms with Gasteiger partial charge in [0.1, 0.15) is 19.8 Å². The lowest BCUT2D eigenvalue weighted by molar-refractivity contribution is -0.870. The molecular formula is C66H110NO8P. The zero-order chi connectivity index (χ0) is 55.6. The molecule has 0 bridgehead atoms. The summed E-state index contributed by atoms with van der Waals surface area (Å²) >= 11 is 0. The molecule has 0 aliphatic carbocycles. The van der Waals surface area contributed by atoms with Gasteiger partial charge in [-0.25, -0.2) is 0 Å². The molecule has 0 radical (unpaired) electrons. The van der Waals surface area contributed by atoms with Crippen LogP contribution >= 0.6 is 7.82 Å². The molecule has 0 fully saturated rings. The van der Waals surface area contributed by atoms with Crippen LogP contribution in [-0.4, -0.2) is 70.0 Å². The first-order valence-corrected chi connectivity index (χ1v) is 31.4. The van der Waals surface area contributed by atoms with Gasteiger partial charge < -0.3 is 27.9 Å². The number of quaternary nitrogens is 1. The summed E-state index contributed by atoms with van der Waals surface area (Å²) in [4.78, 5) is 37.8. The molecule has 76 heavy (non-hydrogen) atoms. The SMILES string of the molecule is CC/C=C\C/C=C\C/C=C\C/C=C\C/C=C\C/C=C\C/C=C\C/C=C\C/C=C\C/C=C\CCCCCCCCC(=O)OC(COC(=O)CCCCCCC/C=C\CCCCCCCC)COP(=O)([O-])OCC[N+](C)(C)C. The summed E-state index contributed by atoms with van der Waals surface area (Å²) in [5.41, 5.74) is 0. The van der Waals surface area contributed by atoms with Gasteiger partial charge in [0.15, 0.2) is 6.10 Å². The molecule has 0 amide bonds. The fraction of sp³-hybridized carbons (Fsp3) is 0.636. The molecule has 0 heterocycles. The molecule has 0 aliphatic heterocycles. The van der Waals surface area contributed by atoms with E-state index < -0.39 is 32.5 Å². The van der Waals surface area contributed by atoms with E-state index in [4.69, 9.17) is 18.5 Å². The Morgan fingerprint density at radius 1 is 0.421 bits per heavy atom. The van der Waals surface area contributed by atoms with E-state index in [1.54, 1.807) is 0 Å². The number of likely N-dealkylation sites (N-methyl/N-ethyl adjacent to an activating group) is 1. The van der Waals surface area contributed by atoms with Crippen molar-refractivity contribution in [3.05, 3.63) is 134 Å². The molecule has 0 N–H and O–H groups in total. The van der Waals surface area contributed by atoms with E-state index in [0.717, 1.165) is 135 Å². The third-order valence-corrected chi connectivity index (χ3v) is 13.1. The van der Waals surface area contributed by atoms with Crippen molar-refractivity contribution in [2.45, 2.75) is 225 Å². The highest BCUT2D eigenvalue weighted by molar-refractivity contribution is 7.45. The van der Waals surface area contributed by atoms with Gasteiger partial charge >= 0.3 is 11.9 Å². The summed E-state index contributed by atoms with van der Waals surface area (Å²) in [6.45, 7) is 4.07. The molecule has 2 unspecified atom stereocenters. The van der Waals surface area contributed by atoms with Gasteiger partial charge in [-0.3, -0.25) is 14.2 Å². The average Bonchev–Trinajstić information content (AvgIpc) is 3.38. The topological polar surface area (TPSA) is 111 Å². The first kappa shape index (κ1) is 72.2. The Hall–Kier alpha value is -3.85. The van der Waals surface area contributed by atoms with Gasteiger partial charge in [-0.2, -0.15) is 0 Å². The first-order valence-electron chi connectivity index (χ1n) is 29.9. The van der Waals surface area contributed by atoms with Crippen molar-refractivity contribution in [3.8, 4) is 0 Å². The lowest BCUT2D eigenvalue weighted by atomic mass is 10.1. The van der Waals surface area contributed by atoms with Crippen LogP contribution in [0.1, 0.15) is 219 Å². The Morgan fingerprint density at radius 3 is 1.13 bits per heavy atom. The number of rotatable bonds is 53. The summed E-state index contributed by atoms with van der Waals surface area (Å²) in [6.07, 6.45) is 80.7. The van der Waals surface area contributed by atoms with Gasteiger partial charge in [0.25, 0.3) is 7.82 Å². The summed E-state index contributed by atoms with van der Waals surface area (Å²) in [7, 11) is 1.13. The summed E-state index contributed by atoms with van der Waals surface area (Å²) in [6, 6.07) is 0. The van der Waals surface area contributed by atoms with E-state index in [0.29, 0.717) is 23.9 Å². The normalized spacial score (nSPS) is 14.2. The van der Waals surface area contributed by atoms with E-state index >= 15 is 0 Å². The Bertz CT molecular complexity index is 1740. The number of allylic oxidation sites excluding steroid dienone is 22. The smallest absolute Gasteiger partial charge is 0.306 e. The highest BCUT2D eigenvalue weighted by Crippen LogP contribution is 2.38. The van der Waals surface area contributed by atoms with Gasteiger partial charge in [0.05, 0.1) is 27.7 Å². The van der Waals surface area contributed by atoms with Gasteiger partial charge in [-0.1, -0.05) is 225 Å². The molecule has 2 atom stereocenters. The molecule has 0 spiro atoms. The second-order valence-electron chi connectivity index (χ2n) is 20.6. The predicted molar refractivity (Wildman–Crippen MR) is 323 cm³/mol. The second-order valence-corrected chi connectivity index (χ2v) is 22.0. The first-order chi connectivity index (χ1) is 37.0. The van der Waals surface area contributed by atoms with E-state index in [-0.39, 0.29) is 26.1 Å². The number of phosphoric ester groups is 1. The predicted octanol–water partition coefficient (Wildman–Crippen LogP) is 18.3. The van der Waals surface area contributed by atoms with Crippen LogP contribution in [0.4, 0.5) is 0 Å². The number of esters is 2. The van der Waals surface area contributed by atoms with Crippen LogP contribution in [0.25, 0.3) is 0 Å². The standard InChI is InChI=1S/C66H110NO8P/c1-6-8-10-12-14-16-18-20-22-23-24-25-26-27-28-29-30-31-32-33-34-35-36-37-38-39-40-41-42-43-45-47-49-51-53-55-57-59-66(69)75-64(63-74-76(70,71)73-61-60-67(3,4)5)62-72-65(68)58-56-54-52-50-48-46-44-21-19-17-15-13-11-9-7-2/h8,10,14,16,20-22,24-25,27-28,30-31,33-34,36-37,39-40,42-44,64H,6-7,9,11-13,15,17-19,23,26,29,32,35,38,41,45-63H2,1-5H3/b10-8-,16-14-,22-20-,25-24-,28-27-,31-30-,34-33-,37-36-,40-39-,43-42-,44-21-. The van der Waals surface area contributed by atoms with Gasteiger partial charge in [0, 0.05) is 12.8 Å². The van der Waals surface area contributed by atoms with E-state index in [9.17, 15) is 19.0 Å². The lowest BCUT2D eigenvalue weighted by Crippen LogP contribution is -2.37. The Morgan fingerprint density at radius 2 is 0.750 bits per heavy atom. The number of phosphoric acid groups is 1. The molecule has 0 rings (SSSR count). The second kappa shape index (κ2) is 55.9. The quantitative estimate of drug-likeness (QED) is 0.0195. The zero-order valence-corrected chi connectivity index (χ0v) is 49.8. The van der Waals surface area contributed by atoms with Gasteiger partial charge in [-0.15, -0.1) is 0 Å². The molecule has 0 aromatic heterocycles. The van der Waals surface area contributed by atoms with E-state index in [2.05, 4.69) is 148 Å². The highest BCUT2D eigenvalue weighted by Gasteiger charge is 2.21. The van der Waals surface area contributed by atoms with Crippen LogP contribution in [0.15, 0.2) is 134 Å². The third kappa shape index (κ3) is 59.4. The number of unbranched alkanes of at least 4 members (excludes halogenated alkanes) is 17. The summed E-state index contributed by atoms with van der Waals surface area (Å²) in [5, 5.41) is 0. The average molecular weight is 1080 g/mol. The van der Waals surface area contributed by atoms with Crippen LogP contribution < -0.4 is 4.89 Å². The summed E-state index contributed by atoms with van der Waals surface area (Å²) in [5.74, 6) is -0.869. The van der Waals surface area contributed by atoms with Crippen LogP contribution in [-0.2, 0) is 32.7 Å². The van der Waals surface area contributed by atoms with E-state index in [1.165, 1.54) is 44.9 Å². The zero-order valence-electron chi connectivity index (χ0n) is 48.9. The molecule has 0 aliphatic rings. The Labute approximate surface area is 466 Å². The minimum atomic E-state index is -4.65. The summed E-state index contributed by atoms with van der Waals surface area (Å²) < 4.78 is 34.1. The Kier molecular flexibility index (Phi) is 53.1. The van der Waals surface area contributed by atoms with Crippen LogP contribution in [0.2, 0.25) is 0 Å². The molecular weight excluding hydrogens is 966 g/mol. The van der Waals surface area contributed by atoms with Crippen molar-refractivity contribution < 1.29 is 42.1 Å². The van der Waals surface area contributed by atoms with Crippen molar-refractivity contribution in [1.29, 1.82) is 0 Å². The van der Waals surface area contributed by atoms with Crippen molar-refractivity contribution in [3.63, 3.8) is 0 Å². The number of nitrogens with zero attached hydrogens (tertiary/aromatic N) is 1. The van der Waals surface area contributed by atoms with Crippen molar-refractivity contribution in [2.75, 3.05) is 47.5 Å². The van der Waals surface area contributed by atoms with Gasteiger partial charge in [-0.05, 0) is 116 Å². The van der Waals surface area contributed by atoms with Gasteiger partial charge in [0.2, 0.25) is 0 Å². The maximum atomic E-state index is 12.8. The molecule has 0 aromatic rings. The van der Waals surface area contributed by atoms with Crippen molar-refractivity contribution in [2.24, 2.45) is 0 Å². The maximum absolute atomic E-state index is 12.8. The molecule has 10 heteroatoms. The Balaban J connectivity index is 4.19. The van der Waals surface area contributed by atoms with E-state index in [1.807, 2.05) is 21.1 Å². The molecule has 432 valence electrons. The largest absolute Gasteiger partial charge is 0.756 e. The number of hydrogen-bond donors (Lipinski definition) is 0. The molecule has 0 aromatic carbocycles. The minimum Gasteiger partial charge on any atom is -0.756 e. The number of hydrogen-bond acceptors (Lipinski definition) is 8. The molecule has 9 nitrogen and oxygen atoms in total. The van der Waals surface area contributed by atoms with Crippen molar-refractivity contribution >= 4 is 19.8 Å². The highest BCUT2D eigenvalue weighted by atomic mass is 31.2. The minimum absolute atomic E-state index is 0.0419. The molecule has 0 saturated heterocycles. The van der Waals surface area contributed by atoms with Crippen LogP contribution in [0.5, 0.6) is 0 Å².